The lowest BCUT2D eigenvalue weighted by Gasteiger charge is -2.34. The third-order valence-electron chi connectivity index (χ3n) is 3.12. The number of halogens is 1. The van der Waals surface area contributed by atoms with Crippen LogP contribution in [0.1, 0.15) is 5.56 Å². The fraction of sp³-hybridized carbons (Fsp3) is 0.417. The molecular formula is C12H17FN4O. The van der Waals surface area contributed by atoms with E-state index in [4.69, 9.17) is 10.9 Å². The first kappa shape index (κ1) is 12.6. The first-order valence-electron chi connectivity index (χ1n) is 5.88. The van der Waals surface area contributed by atoms with E-state index in [1.807, 2.05) is 4.90 Å². The van der Waals surface area contributed by atoms with Crippen LogP contribution in [-0.4, -0.2) is 47.1 Å². The van der Waals surface area contributed by atoms with Gasteiger partial charge in [0.1, 0.15) is 5.82 Å². The van der Waals surface area contributed by atoms with E-state index in [1.165, 1.54) is 12.1 Å². The summed E-state index contributed by atoms with van der Waals surface area (Å²) in [6.45, 7) is 3.94. The number of benzene rings is 1. The second-order valence-electron chi connectivity index (χ2n) is 4.35. The van der Waals surface area contributed by atoms with Gasteiger partial charge in [-0.15, -0.1) is 0 Å². The molecule has 1 aliphatic heterocycles. The zero-order valence-corrected chi connectivity index (χ0v) is 10.1. The molecule has 1 aromatic rings. The predicted octanol–water partition coefficient (Wildman–Crippen LogP) is 0.647. The third-order valence-corrected chi connectivity index (χ3v) is 3.12. The van der Waals surface area contributed by atoms with Gasteiger partial charge >= 0.3 is 0 Å². The minimum atomic E-state index is -0.212. The number of guanidine groups is 1. The number of nitrogens with zero attached hydrogens (tertiary/aromatic N) is 3. The van der Waals surface area contributed by atoms with Gasteiger partial charge < -0.3 is 15.8 Å². The van der Waals surface area contributed by atoms with Gasteiger partial charge in [0.05, 0.1) is 0 Å². The molecular weight excluding hydrogens is 235 g/mol. The number of rotatable bonds is 2. The van der Waals surface area contributed by atoms with Crippen LogP contribution in [0.3, 0.4) is 0 Å². The van der Waals surface area contributed by atoms with Crippen LogP contribution in [0.2, 0.25) is 0 Å². The monoisotopic (exact) mass is 252 g/mol. The van der Waals surface area contributed by atoms with Crippen molar-refractivity contribution < 1.29 is 9.60 Å². The summed E-state index contributed by atoms with van der Waals surface area (Å²) in [5.74, 6) is -0.0491. The van der Waals surface area contributed by atoms with Crippen LogP contribution < -0.4 is 5.73 Å². The van der Waals surface area contributed by atoms with E-state index in [0.717, 1.165) is 38.3 Å². The zero-order valence-electron chi connectivity index (χ0n) is 10.1. The van der Waals surface area contributed by atoms with Crippen molar-refractivity contribution in [3.63, 3.8) is 0 Å². The normalized spacial score (nSPS) is 18.1. The smallest absolute Gasteiger partial charge is 0.233 e. The maximum absolute atomic E-state index is 12.8. The highest BCUT2D eigenvalue weighted by Crippen LogP contribution is 2.09. The molecule has 0 aliphatic carbocycles. The summed E-state index contributed by atoms with van der Waals surface area (Å²) < 4.78 is 12.8. The molecule has 98 valence electrons. The average Bonchev–Trinajstić information content (AvgIpc) is 2.41. The summed E-state index contributed by atoms with van der Waals surface area (Å²) in [5, 5.41) is 11.6. The van der Waals surface area contributed by atoms with Crippen LogP contribution >= 0.6 is 0 Å². The van der Waals surface area contributed by atoms with E-state index >= 15 is 0 Å². The van der Waals surface area contributed by atoms with E-state index in [0.29, 0.717) is 0 Å². The maximum Gasteiger partial charge on any atom is 0.233 e. The molecule has 0 unspecified atom stereocenters. The highest BCUT2D eigenvalue weighted by Gasteiger charge is 2.18. The number of hydrogen-bond acceptors (Lipinski definition) is 3. The van der Waals surface area contributed by atoms with Crippen LogP contribution in [0.15, 0.2) is 29.4 Å². The summed E-state index contributed by atoms with van der Waals surface area (Å²) in [4.78, 5) is 4.09. The topological polar surface area (TPSA) is 65.1 Å². The van der Waals surface area contributed by atoms with Crippen molar-refractivity contribution in [1.82, 2.24) is 9.80 Å². The Morgan fingerprint density at radius 3 is 2.39 bits per heavy atom. The molecule has 18 heavy (non-hydrogen) atoms. The SMILES string of the molecule is N/C(=N\O)N1CCN(Cc2ccc(F)cc2)CC1. The number of hydrogen-bond donors (Lipinski definition) is 2. The molecule has 1 fully saturated rings. The van der Waals surface area contributed by atoms with Crippen LogP contribution in [0, 0.1) is 5.82 Å². The second-order valence-corrected chi connectivity index (χ2v) is 4.35. The quantitative estimate of drug-likeness (QED) is 0.351. The van der Waals surface area contributed by atoms with E-state index in [1.54, 1.807) is 12.1 Å². The lowest BCUT2D eigenvalue weighted by atomic mass is 10.2. The van der Waals surface area contributed by atoms with Gasteiger partial charge in [0.25, 0.3) is 0 Å². The molecule has 0 bridgehead atoms. The van der Waals surface area contributed by atoms with E-state index in [2.05, 4.69) is 10.1 Å². The third kappa shape index (κ3) is 3.10. The van der Waals surface area contributed by atoms with Gasteiger partial charge in [-0.1, -0.05) is 17.3 Å². The van der Waals surface area contributed by atoms with Crippen molar-refractivity contribution in [2.24, 2.45) is 10.9 Å². The minimum absolute atomic E-state index is 0.163. The second kappa shape index (κ2) is 5.68. The number of piperazine rings is 1. The van der Waals surface area contributed by atoms with E-state index in [-0.39, 0.29) is 11.8 Å². The van der Waals surface area contributed by atoms with Crippen LogP contribution in [0.5, 0.6) is 0 Å². The Hall–Kier alpha value is -1.82. The Bertz CT molecular complexity index is 413. The molecule has 0 aromatic heterocycles. The summed E-state index contributed by atoms with van der Waals surface area (Å²) in [6.07, 6.45) is 0. The minimum Gasteiger partial charge on any atom is -0.408 e. The maximum atomic E-state index is 12.8. The van der Waals surface area contributed by atoms with Gasteiger partial charge in [-0.25, -0.2) is 4.39 Å². The first-order chi connectivity index (χ1) is 8.69. The molecule has 1 saturated heterocycles. The molecule has 1 heterocycles. The molecule has 0 atom stereocenters. The lowest BCUT2D eigenvalue weighted by Crippen LogP contribution is -2.50. The number of nitrogens with two attached hydrogens (primary N) is 1. The Kier molecular flexibility index (Phi) is 3.99. The Morgan fingerprint density at radius 2 is 1.83 bits per heavy atom. The van der Waals surface area contributed by atoms with Crippen molar-refractivity contribution in [1.29, 1.82) is 0 Å². The molecule has 5 nitrogen and oxygen atoms in total. The fourth-order valence-electron chi connectivity index (χ4n) is 2.05. The van der Waals surface area contributed by atoms with Gasteiger partial charge in [-0.2, -0.15) is 0 Å². The van der Waals surface area contributed by atoms with Crippen LogP contribution in [0.25, 0.3) is 0 Å². The highest BCUT2D eigenvalue weighted by atomic mass is 19.1. The average molecular weight is 252 g/mol. The molecule has 0 amide bonds. The van der Waals surface area contributed by atoms with Crippen LogP contribution in [-0.2, 0) is 6.54 Å². The van der Waals surface area contributed by atoms with Gasteiger partial charge in [0, 0.05) is 32.7 Å². The van der Waals surface area contributed by atoms with E-state index in [9.17, 15) is 4.39 Å². The summed E-state index contributed by atoms with van der Waals surface area (Å²) in [5.41, 5.74) is 6.62. The standard InChI is InChI=1S/C12H17FN4O/c13-11-3-1-10(2-4-11)9-16-5-7-17(8-6-16)12(14)15-18/h1-4,18H,5-9H2,(H2,14,15). The lowest BCUT2D eigenvalue weighted by molar-refractivity contribution is 0.170. The molecule has 1 aliphatic rings. The Labute approximate surface area is 105 Å². The fourth-order valence-corrected chi connectivity index (χ4v) is 2.05. The van der Waals surface area contributed by atoms with Crippen molar-refractivity contribution in [2.45, 2.75) is 6.54 Å². The molecule has 0 spiro atoms. The van der Waals surface area contributed by atoms with E-state index < -0.39 is 0 Å². The number of oxime groups is 1. The van der Waals surface area contributed by atoms with Gasteiger partial charge in [0.15, 0.2) is 0 Å². The molecule has 2 rings (SSSR count). The predicted molar refractivity (Wildman–Crippen MR) is 66.7 cm³/mol. The molecule has 0 radical (unpaired) electrons. The van der Waals surface area contributed by atoms with Crippen molar-refractivity contribution in [3.05, 3.63) is 35.6 Å². The summed E-state index contributed by atoms with van der Waals surface area (Å²) >= 11 is 0. The van der Waals surface area contributed by atoms with Crippen molar-refractivity contribution in [3.8, 4) is 0 Å². The first-order valence-corrected chi connectivity index (χ1v) is 5.88. The largest absolute Gasteiger partial charge is 0.408 e. The Morgan fingerprint density at radius 1 is 1.22 bits per heavy atom. The zero-order chi connectivity index (χ0) is 13.0. The van der Waals surface area contributed by atoms with Crippen molar-refractivity contribution in [2.75, 3.05) is 26.2 Å². The Balaban J connectivity index is 1.85. The van der Waals surface area contributed by atoms with Crippen LogP contribution in [0.4, 0.5) is 4.39 Å². The van der Waals surface area contributed by atoms with Gasteiger partial charge in [-0.3, -0.25) is 4.90 Å². The van der Waals surface area contributed by atoms with Gasteiger partial charge in [0.2, 0.25) is 5.96 Å². The molecule has 0 saturated carbocycles. The van der Waals surface area contributed by atoms with Crippen molar-refractivity contribution >= 4 is 5.96 Å². The summed E-state index contributed by atoms with van der Waals surface area (Å²) in [7, 11) is 0. The van der Waals surface area contributed by atoms with Gasteiger partial charge in [-0.05, 0) is 17.7 Å². The summed E-state index contributed by atoms with van der Waals surface area (Å²) in [6, 6.07) is 6.54. The molecule has 1 aromatic carbocycles. The highest BCUT2D eigenvalue weighted by molar-refractivity contribution is 5.77. The molecule has 3 N–H and O–H groups in total. The molecule has 6 heteroatoms.